The Balaban J connectivity index is 1.46. The Labute approximate surface area is 169 Å². The highest BCUT2D eigenvalue weighted by Gasteiger charge is 2.39. The van der Waals surface area contributed by atoms with Gasteiger partial charge in [0.25, 0.3) is 0 Å². The molecule has 0 radical (unpaired) electrons. The second-order valence-corrected chi connectivity index (χ2v) is 7.85. The predicted octanol–water partition coefficient (Wildman–Crippen LogP) is 4.62. The van der Waals surface area contributed by atoms with E-state index in [9.17, 15) is 0 Å². The fourth-order valence-electron chi connectivity index (χ4n) is 3.45. The first kappa shape index (κ1) is 17.9. The fraction of sp³-hybridized carbons (Fsp3) is 0.238. The maximum atomic E-state index is 5.68. The predicted molar refractivity (Wildman–Crippen MR) is 116 cm³/mol. The zero-order chi connectivity index (χ0) is 18.5. The van der Waals surface area contributed by atoms with Crippen LogP contribution in [0, 0.1) is 0 Å². The van der Waals surface area contributed by atoms with Gasteiger partial charge in [-0.25, -0.2) is 0 Å². The number of hydrogen-bond acceptors (Lipinski definition) is 4. The average molecular weight is 395 g/mol. The molecule has 1 fully saturated rings. The lowest BCUT2D eigenvalue weighted by Crippen LogP contribution is -2.31. The van der Waals surface area contributed by atoms with Gasteiger partial charge in [0, 0.05) is 29.9 Å². The molecule has 1 aliphatic heterocycles. The number of para-hydroxylation sites is 1. The molecule has 138 valence electrons. The third kappa shape index (κ3) is 4.12. The Morgan fingerprint density at radius 1 is 1.07 bits per heavy atom. The summed E-state index contributed by atoms with van der Waals surface area (Å²) in [4.78, 5) is 8.20. The second kappa shape index (κ2) is 8.50. The summed E-state index contributed by atoms with van der Waals surface area (Å²) in [5, 5.41) is 9.91. The van der Waals surface area contributed by atoms with E-state index in [0.29, 0.717) is 0 Å². The van der Waals surface area contributed by atoms with Gasteiger partial charge in [0.05, 0.1) is 17.8 Å². The highest BCUT2D eigenvalue weighted by Crippen LogP contribution is 2.40. The number of thiocarbonyl (C=S) groups is 1. The molecule has 0 amide bonds. The smallest absolute Gasteiger partial charge is 0.170 e. The van der Waals surface area contributed by atoms with Crippen LogP contribution in [-0.2, 0) is 0 Å². The van der Waals surface area contributed by atoms with Crippen LogP contribution in [-0.4, -0.2) is 28.1 Å². The minimum Gasteiger partial charge on any atom is -0.385 e. The van der Waals surface area contributed by atoms with Crippen molar-refractivity contribution < 1.29 is 0 Å². The first-order chi connectivity index (χ1) is 13.3. The highest BCUT2D eigenvalue weighted by atomic mass is 32.1. The quantitative estimate of drug-likeness (QED) is 0.452. The Morgan fingerprint density at radius 3 is 2.67 bits per heavy atom. The van der Waals surface area contributed by atoms with Crippen molar-refractivity contribution in [2.24, 2.45) is 0 Å². The molecule has 0 spiro atoms. The van der Waals surface area contributed by atoms with Crippen molar-refractivity contribution in [2.45, 2.75) is 18.5 Å². The van der Waals surface area contributed by atoms with Gasteiger partial charge in [0.1, 0.15) is 0 Å². The molecule has 6 heteroatoms. The molecule has 3 heterocycles. The summed E-state index contributed by atoms with van der Waals surface area (Å²) >= 11 is 7.46. The minimum atomic E-state index is 0.0828. The van der Waals surface area contributed by atoms with Gasteiger partial charge < -0.3 is 15.5 Å². The molecule has 2 aromatic heterocycles. The van der Waals surface area contributed by atoms with Crippen molar-refractivity contribution in [3.8, 4) is 0 Å². The Morgan fingerprint density at radius 2 is 1.93 bits per heavy atom. The lowest BCUT2D eigenvalue weighted by atomic mass is 10.0. The summed E-state index contributed by atoms with van der Waals surface area (Å²) in [6.45, 7) is 1.81. The number of aromatic nitrogens is 1. The Kier molecular flexibility index (Phi) is 5.65. The first-order valence-corrected chi connectivity index (χ1v) is 10.4. The van der Waals surface area contributed by atoms with Gasteiger partial charge in [-0.3, -0.25) is 4.98 Å². The molecule has 1 aliphatic rings. The van der Waals surface area contributed by atoms with E-state index in [-0.39, 0.29) is 12.1 Å². The van der Waals surface area contributed by atoms with E-state index in [1.807, 2.05) is 36.5 Å². The Bertz CT molecular complexity index is 852. The van der Waals surface area contributed by atoms with E-state index in [2.05, 4.69) is 56.2 Å². The molecule has 4 nitrogen and oxygen atoms in total. The van der Waals surface area contributed by atoms with Crippen LogP contribution in [0.2, 0.25) is 0 Å². The normalized spacial score (nSPS) is 19.1. The van der Waals surface area contributed by atoms with Gasteiger partial charge >= 0.3 is 0 Å². The van der Waals surface area contributed by atoms with Crippen molar-refractivity contribution in [2.75, 3.05) is 18.4 Å². The summed E-state index contributed by atoms with van der Waals surface area (Å²) in [5.74, 6) is 0. The molecular weight excluding hydrogens is 372 g/mol. The van der Waals surface area contributed by atoms with Crippen molar-refractivity contribution in [3.63, 3.8) is 0 Å². The van der Waals surface area contributed by atoms with Gasteiger partial charge in [0.15, 0.2) is 5.11 Å². The van der Waals surface area contributed by atoms with Crippen LogP contribution < -0.4 is 10.6 Å². The van der Waals surface area contributed by atoms with E-state index < -0.39 is 0 Å². The van der Waals surface area contributed by atoms with Crippen LogP contribution in [0.3, 0.4) is 0 Å². The van der Waals surface area contributed by atoms with E-state index in [4.69, 9.17) is 12.2 Å². The molecule has 0 bridgehead atoms. The highest BCUT2D eigenvalue weighted by molar-refractivity contribution is 7.80. The van der Waals surface area contributed by atoms with Crippen LogP contribution in [0.25, 0.3) is 0 Å². The van der Waals surface area contributed by atoms with Crippen molar-refractivity contribution >= 4 is 34.4 Å². The zero-order valence-electron chi connectivity index (χ0n) is 14.9. The molecule has 4 rings (SSSR count). The molecule has 2 atom stereocenters. The molecule has 0 unspecified atom stereocenters. The zero-order valence-corrected chi connectivity index (χ0v) is 16.5. The number of pyridine rings is 1. The lowest BCUT2D eigenvalue weighted by Gasteiger charge is -2.27. The molecule has 27 heavy (non-hydrogen) atoms. The molecule has 0 aliphatic carbocycles. The van der Waals surface area contributed by atoms with Gasteiger partial charge in [0.2, 0.25) is 0 Å². The summed E-state index contributed by atoms with van der Waals surface area (Å²) in [5.41, 5.74) is 2.18. The molecular formula is C21H22N4S2. The van der Waals surface area contributed by atoms with E-state index in [1.165, 1.54) is 4.88 Å². The van der Waals surface area contributed by atoms with Crippen LogP contribution in [0.1, 0.15) is 29.1 Å². The number of anilines is 1. The topological polar surface area (TPSA) is 40.2 Å². The largest absolute Gasteiger partial charge is 0.385 e. The third-order valence-corrected chi connectivity index (χ3v) is 6.01. The lowest BCUT2D eigenvalue weighted by molar-refractivity contribution is 0.321. The molecule has 1 saturated heterocycles. The summed E-state index contributed by atoms with van der Waals surface area (Å²) < 4.78 is 0. The molecule has 3 aromatic rings. The number of nitrogens with one attached hydrogen (secondary N) is 2. The van der Waals surface area contributed by atoms with Crippen LogP contribution >= 0.6 is 23.6 Å². The summed E-state index contributed by atoms with van der Waals surface area (Å²) in [6, 6.07) is 20.9. The van der Waals surface area contributed by atoms with E-state index in [0.717, 1.165) is 36.0 Å². The van der Waals surface area contributed by atoms with Crippen LogP contribution in [0.5, 0.6) is 0 Å². The number of benzene rings is 1. The van der Waals surface area contributed by atoms with Crippen molar-refractivity contribution in [1.82, 2.24) is 15.2 Å². The maximum absolute atomic E-state index is 5.68. The van der Waals surface area contributed by atoms with Gasteiger partial charge in [-0.05, 0) is 54.4 Å². The SMILES string of the molecule is S=C1N[C@@H](c2ccccn2)[C@@H](c2cccs2)N1CCCNc1ccccc1. The molecule has 2 N–H and O–H groups in total. The maximum Gasteiger partial charge on any atom is 0.170 e. The number of hydrogen-bond donors (Lipinski definition) is 2. The first-order valence-electron chi connectivity index (χ1n) is 9.13. The molecule has 1 aromatic carbocycles. The standard InChI is InChI=1S/C21H22N4S2/c26-21-24-19(17-10-4-5-12-23-17)20(18-11-6-15-27-18)25(21)14-7-13-22-16-8-2-1-3-9-16/h1-6,8-12,15,19-20,22H,7,13-14H2,(H,24,26)/t19-,20+/m0/s1. The monoisotopic (exact) mass is 394 g/mol. The van der Waals surface area contributed by atoms with Crippen LogP contribution in [0.4, 0.5) is 5.69 Å². The Hall–Kier alpha value is -2.44. The number of nitrogens with zero attached hydrogens (tertiary/aromatic N) is 2. The molecule has 0 saturated carbocycles. The van der Waals surface area contributed by atoms with Gasteiger partial charge in [-0.1, -0.05) is 30.3 Å². The van der Waals surface area contributed by atoms with Crippen molar-refractivity contribution in [1.29, 1.82) is 0 Å². The van der Waals surface area contributed by atoms with Crippen LogP contribution in [0.15, 0.2) is 72.2 Å². The summed E-state index contributed by atoms with van der Waals surface area (Å²) in [7, 11) is 0. The second-order valence-electron chi connectivity index (χ2n) is 6.48. The van der Waals surface area contributed by atoms with E-state index in [1.54, 1.807) is 11.3 Å². The van der Waals surface area contributed by atoms with E-state index >= 15 is 0 Å². The number of rotatable bonds is 7. The van der Waals surface area contributed by atoms with Crippen molar-refractivity contribution in [3.05, 3.63) is 82.8 Å². The average Bonchev–Trinajstić information content (AvgIpc) is 3.35. The minimum absolute atomic E-state index is 0.0828. The fourth-order valence-corrected chi connectivity index (χ4v) is 4.66. The van der Waals surface area contributed by atoms with Gasteiger partial charge in [-0.2, -0.15) is 0 Å². The summed E-state index contributed by atoms with van der Waals surface area (Å²) in [6.07, 6.45) is 2.85. The third-order valence-electron chi connectivity index (χ3n) is 4.71. The van der Waals surface area contributed by atoms with Gasteiger partial charge in [-0.15, -0.1) is 11.3 Å². The number of thiophene rings is 1.